The Kier molecular flexibility index (Phi) is 4.83. The van der Waals surface area contributed by atoms with Gasteiger partial charge in [0.15, 0.2) is 0 Å². The molecular formula is C11H17N3O3S. The quantitative estimate of drug-likeness (QED) is 0.681. The van der Waals surface area contributed by atoms with Crippen molar-refractivity contribution in [3.8, 4) is 0 Å². The lowest BCUT2D eigenvalue weighted by atomic mass is 10.2. The number of hydrogen-bond acceptors (Lipinski definition) is 4. The van der Waals surface area contributed by atoms with Crippen LogP contribution in [0.2, 0.25) is 0 Å². The van der Waals surface area contributed by atoms with Gasteiger partial charge in [-0.25, -0.2) is 13.6 Å². The minimum absolute atomic E-state index is 0.0223. The topological polar surface area (TPSA) is 115 Å². The Morgan fingerprint density at radius 3 is 2.67 bits per heavy atom. The Labute approximate surface area is 106 Å². The third kappa shape index (κ3) is 4.10. The summed E-state index contributed by atoms with van der Waals surface area (Å²) in [5, 5.41) is 7.64. The fourth-order valence-electron chi connectivity index (χ4n) is 1.34. The zero-order valence-corrected chi connectivity index (χ0v) is 10.9. The molecular weight excluding hydrogens is 254 g/mol. The second-order valence-electron chi connectivity index (χ2n) is 3.92. The van der Waals surface area contributed by atoms with Crippen LogP contribution in [0.1, 0.15) is 18.9 Å². The van der Waals surface area contributed by atoms with Gasteiger partial charge in [0.25, 0.3) is 0 Å². The van der Waals surface area contributed by atoms with Crippen molar-refractivity contribution in [3.63, 3.8) is 0 Å². The summed E-state index contributed by atoms with van der Waals surface area (Å²) in [5.74, 6) is -0.265. The van der Waals surface area contributed by atoms with Crippen LogP contribution in [0.5, 0.6) is 0 Å². The van der Waals surface area contributed by atoms with Gasteiger partial charge in [-0.05, 0) is 24.1 Å². The van der Waals surface area contributed by atoms with E-state index in [-0.39, 0.29) is 17.3 Å². The van der Waals surface area contributed by atoms with Gasteiger partial charge in [0, 0.05) is 6.54 Å². The van der Waals surface area contributed by atoms with Crippen LogP contribution in [0.3, 0.4) is 0 Å². The van der Waals surface area contributed by atoms with E-state index in [1.54, 1.807) is 12.1 Å². The van der Waals surface area contributed by atoms with E-state index in [0.717, 1.165) is 0 Å². The molecule has 0 fully saturated rings. The highest BCUT2D eigenvalue weighted by atomic mass is 32.2. The summed E-state index contributed by atoms with van der Waals surface area (Å²) in [6, 6.07) is 5.55. The van der Waals surface area contributed by atoms with Crippen molar-refractivity contribution in [2.75, 3.05) is 0 Å². The maximum Gasteiger partial charge on any atom is 0.238 e. The molecule has 0 spiro atoms. The van der Waals surface area contributed by atoms with Crippen molar-refractivity contribution in [2.24, 2.45) is 10.9 Å². The highest BCUT2D eigenvalue weighted by Crippen LogP contribution is 2.09. The molecule has 0 aliphatic rings. The third-order valence-corrected chi connectivity index (χ3v) is 3.38. The largest absolute Gasteiger partial charge is 0.351 e. The summed E-state index contributed by atoms with van der Waals surface area (Å²) in [6.07, 6.45) is 0.545. The maximum atomic E-state index is 11.5. The Hall–Kier alpha value is -1.44. The second kappa shape index (κ2) is 5.94. The summed E-state index contributed by atoms with van der Waals surface area (Å²) in [6.45, 7) is 2.03. The van der Waals surface area contributed by atoms with E-state index in [0.29, 0.717) is 12.0 Å². The molecule has 1 aromatic rings. The highest BCUT2D eigenvalue weighted by Gasteiger charge is 2.11. The van der Waals surface area contributed by atoms with Gasteiger partial charge in [-0.1, -0.05) is 19.1 Å². The number of nitrogens with one attached hydrogen (secondary N) is 1. The summed E-state index contributed by atoms with van der Waals surface area (Å²) in [5.41, 5.74) is 6.20. The average molecular weight is 271 g/mol. The number of hydrogen-bond donors (Lipinski definition) is 3. The van der Waals surface area contributed by atoms with E-state index in [2.05, 4.69) is 5.32 Å². The van der Waals surface area contributed by atoms with E-state index in [1.807, 2.05) is 6.92 Å². The summed E-state index contributed by atoms with van der Waals surface area (Å²) >= 11 is 0. The molecule has 0 aliphatic heterocycles. The summed E-state index contributed by atoms with van der Waals surface area (Å²) in [4.78, 5) is 11.5. The van der Waals surface area contributed by atoms with Crippen LogP contribution < -0.4 is 16.2 Å². The molecule has 1 amide bonds. The average Bonchev–Trinajstić information content (AvgIpc) is 2.34. The summed E-state index contributed by atoms with van der Waals surface area (Å²) in [7, 11) is -3.72. The lowest BCUT2D eigenvalue weighted by Gasteiger charge is -2.10. The van der Waals surface area contributed by atoms with Gasteiger partial charge in [0.2, 0.25) is 15.9 Å². The summed E-state index contributed by atoms with van der Waals surface area (Å²) < 4.78 is 22.3. The normalized spacial score (nSPS) is 13.1. The van der Waals surface area contributed by atoms with E-state index in [1.165, 1.54) is 12.1 Å². The first-order valence-corrected chi connectivity index (χ1v) is 7.04. The SMILES string of the molecule is CC[C@H](N)C(=O)NCc1cccc(S(N)(=O)=O)c1. The van der Waals surface area contributed by atoms with Crippen LogP contribution in [-0.4, -0.2) is 20.4 Å². The molecule has 0 unspecified atom stereocenters. The van der Waals surface area contributed by atoms with Gasteiger partial charge in [-0.2, -0.15) is 0 Å². The van der Waals surface area contributed by atoms with E-state index < -0.39 is 16.1 Å². The van der Waals surface area contributed by atoms with Crippen molar-refractivity contribution >= 4 is 15.9 Å². The zero-order valence-electron chi connectivity index (χ0n) is 10.1. The van der Waals surface area contributed by atoms with E-state index in [4.69, 9.17) is 10.9 Å². The third-order valence-electron chi connectivity index (χ3n) is 2.47. The fourth-order valence-corrected chi connectivity index (χ4v) is 1.92. The molecule has 1 aromatic carbocycles. The number of sulfonamides is 1. The number of nitrogens with two attached hydrogens (primary N) is 2. The number of rotatable bonds is 5. The first-order valence-electron chi connectivity index (χ1n) is 5.49. The zero-order chi connectivity index (χ0) is 13.8. The van der Waals surface area contributed by atoms with Gasteiger partial charge in [0.05, 0.1) is 10.9 Å². The number of primary sulfonamides is 1. The van der Waals surface area contributed by atoms with E-state index >= 15 is 0 Å². The van der Waals surface area contributed by atoms with E-state index in [9.17, 15) is 13.2 Å². The van der Waals surface area contributed by atoms with Crippen molar-refractivity contribution in [3.05, 3.63) is 29.8 Å². The fraction of sp³-hybridized carbons (Fsp3) is 0.364. The number of amides is 1. The molecule has 100 valence electrons. The second-order valence-corrected chi connectivity index (χ2v) is 5.49. The lowest BCUT2D eigenvalue weighted by molar-refractivity contribution is -0.122. The van der Waals surface area contributed by atoms with Crippen molar-refractivity contribution < 1.29 is 13.2 Å². The van der Waals surface area contributed by atoms with Crippen LogP contribution in [0.25, 0.3) is 0 Å². The number of carbonyl (C=O) groups is 1. The Morgan fingerprint density at radius 2 is 2.11 bits per heavy atom. The van der Waals surface area contributed by atoms with Gasteiger partial charge in [-0.3, -0.25) is 4.79 Å². The molecule has 5 N–H and O–H groups in total. The van der Waals surface area contributed by atoms with Crippen LogP contribution in [-0.2, 0) is 21.4 Å². The number of carbonyl (C=O) groups excluding carboxylic acids is 1. The minimum atomic E-state index is -3.72. The van der Waals surface area contributed by atoms with Crippen LogP contribution in [0.4, 0.5) is 0 Å². The molecule has 0 saturated heterocycles. The smallest absolute Gasteiger partial charge is 0.238 e. The standard InChI is InChI=1S/C11H17N3O3S/c1-2-10(12)11(15)14-7-8-4-3-5-9(6-8)18(13,16)17/h3-6,10H,2,7,12H2,1H3,(H,14,15)(H2,13,16,17)/t10-/m0/s1. The Balaban J connectivity index is 2.72. The number of benzene rings is 1. The van der Waals surface area contributed by atoms with Crippen molar-refractivity contribution in [1.82, 2.24) is 5.32 Å². The molecule has 0 radical (unpaired) electrons. The van der Waals surface area contributed by atoms with Gasteiger partial charge < -0.3 is 11.1 Å². The molecule has 0 aliphatic carbocycles. The highest BCUT2D eigenvalue weighted by molar-refractivity contribution is 7.89. The van der Waals surface area contributed by atoms with Crippen LogP contribution in [0.15, 0.2) is 29.2 Å². The lowest BCUT2D eigenvalue weighted by Crippen LogP contribution is -2.39. The van der Waals surface area contributed by atoms with Crippen LogP contribution >= 0.6 is 0 Å². The van der Waals surface area contributed by atoms with Crippen molar-refractivity contribution in [1.29, 1.82) is 0 Å². The van der Waals surface area contributed by atoms with Crippen LogP contribution in [0, 0.1) is 0 Å². The molecule has 1 rings (SSSR count). The molecule has 7 heteroatoms. The molecule has 1 atom stereocenters. The predicted molar refractivity (Wildman–Crippen MR) is 67.9 cm³/mol. The first-order chi connectivity index (χ1) is 8.34. The minimum Gasteiger partial charge on any atom is -0.351 e. The molecule has 6 nitrogen and oxygen atoms in total. The molecule has 0 saturated carbocycles. The first kappa shape index (κ1) is 14.6. The van der Waals surface area contributed by atoms with Crippen molar-refractivity contribution in [2.45, 2.75) is 30.8 Å². The van der Waals surface area contributed by atoms with Gasteiger partial charge >= 0.3 is 0 Å². The molecule has 0 aromatic heterocycles. The predicted octanol–water partition coefficient (Wildman–Crippen LogP) is -0.312. The van der Waals surface area contributed by atoms with Gasteiger partial charge in [-0.15, -0.1) is 0 Å². The Morgan fingerprint density at radius 1 is 1.44 bits per heavy atom. The monoisotopic (exact) mass is 271 g/mol. The van der Waals surface area contributed by atoms with Gasteiger partial charge in [0.1, 0.15) is 0 Å². The Bertz CT molecular complexity index is 528. The molecule has 0 bridgehead atoms. The molecule has 18 heavy (non-hydrogen) atoms. The maximum absolute atomic E-state index is 11.5. The molecule has 0 heterocycles.